The van der Waals surface area contributed by atoms with Gasteiger partial charge < -0.3 is 15.4 Å². The number of H-pyrrole nitrogens is 1. The molecule has 1 amide bonds. The van der Waals surface area contributed by atoms with Gasteiger partial charge in [0.15, 0.2) is 3.95 Å². The number of hydrogen-bond acceptors (Lipinski definition) is 4. The van der Waals surface area contributed by atoms with Crippen LogP contribution in [0.4, 0.5) is 4.39 Å². The van der Waals surface area contributed by atoms with E-state index < -0.39 is 5.60 Å². The van der Waals surface area contributed by atoms with Gasteiger partial charge in [-0.15, -0.1) is 11.3 Å². The maximum Gasteiger partial charge on any atom is 0.225 e. The molecule has 0 aliphatic rings. The van der Waals surface area contributed by atoms with Gasteiger partial charge in [-0.2, -0.15) is 0 Å². The van der Waals surface area contributed by atoms with Gasteiger partial charge >= 0.3 is 0 Å². The Bertz CT molecular complexity index is 720. The lowest BCUT2D eigenvalue weighted by Gasteiger charge is -2.24. The Hall–Kier alpha value is -1.57. The van der Waals surface area contributed by atoms with E-state index in [1.165, 1.54) is 35.6 Å². The van der Waals surface area contributed by atoms with Crippen LogP contribution >= 0.6 is 23.6 Å². The number of carbonyl (C=O) groups is 1. The number of aromatic nitrogens is 1. The first-order chi connectivity index (χ1) is 10.3. The molecule has 3 N–H and O–H groups in total. The normalized spacial score (nSPS) is 13.6. The SMILES string of the molecule is Cc1[nH]c(=S)sc1CC(=O)NCC(C)(O)c1ccc(F)cc1. The van der Waals surface area contributed by atoms with E-state index in [1.54, 1.807) is 6.92 Å². The number of halogens is 1. The van der Waals surface area contributed by atoms with E-state index in [1.807, 2.05) is 6.92 Å². The Morgan fingerprint density at radius 1 is 1.45 bits per heavy atom. The lowest BCUT2D eigenvalue weighted by Crippen LogP contribution is -2.39. The summed E-state index contributed by atoms with van der Waals surface area (Å²) < 4.78 is 13.5. The zero-order valence-electron chi connectivity index (χ0n) is 12.3. The summed E-state index contributed by atoms with van der Waals surface area (Å²) in [5, 5.41) is 13.1. The Labute approximate surface area is 137 Å². The number of rotatable bonds is 5. The summed E-state index contributed by atoms with van der Waals surface area (Å²) in [6, 6.07) is 5.57. The van der Waals surface area contributed by atoms with Crippen LogP contribution in [0.3, 0.4) is 0 Å². The van der Waals surface area contributed by atoms with E-state index in [2.05, 4.69) is 10.3 Å². The van der Waals surface area contributed by atoms with Gasteiger partial charge in [0.25, 0.3) is 0 Å². The smallest absolute Gasteiger partial charge is 0.225 e. The predicted molar refractivity (Wildman–Crippen MR) is 86.9 cm³/mol. The monoisotopic (exact) mass is 340 g/mol. The molecule has 0 bridgehead atoms. The molecule has 1 heterocycles. The van der Waals surface area contributed by atoms with Crippen molar-refractivity contribution in [2.24, 2.45) is 0 Å². The van der Waals surface area contributed by atoms with Crippen LogP contribution in [-0.2, 0) is 16.8 Å². The largest absolute Gasteiger partial charge is 0.384 e. The van der Waals surface area contributed by atoms with Gasteiger partial charge in [-0.3, -0.25) is 4.79 Å². The summed E-state index contributed by atoms with van der Waals surface area (Å²) in [7, 11) is 0. The van der Waals surface area contributed by atoms with E-state index in [0.29, 0.717) is 9.52 Å². The van der Waals surface area contributed by atoms with Gasteiger partial charge in [0.1, 0.15) is 11.4 Å². The van der Waals surface area contributed by atoms with Crippen molar-refractivity contribution in [1.29, 1.82) is 0 Å². The number of nitrogens with one attached hydrogen (secondary N) is 2. The molecule has 1 unspecified atom stereocenters. The van der Waals surface area contributed by atoms with E-state index in [9.17, 15) is 14.3 Å². The second-order valence-corrected chi connectivity index (χ2v) is 7.07. The highest BCUT2D eigenvalue weighted by Gasteiger charge is 2.24. The van der Waals surface area contributed by atoms with Crippen molar-refractivity contribution in [3.63, 3.8) is 0 Å². The molecule has 1 atom stereocenters. The minimum absolute atomic E-state index is 0.0480. The molecule has 0 radical (unpaired) electrons. The third-order valence-corrected chi connectivity index (χ3v) is 4.68. The number of aromatic amines is 1. The van der Waals surface area contributed by atoms with Crippen molar-refractivity contribution in [3.8, 4) is 0 Å². The maximum atomic E-state index is 12.9. The molecule has 118 valence electrons. The number of aliphatic hydroxyl groups is 1. The second kappa shape index (κ2) is 6.68. The molecule has 0 aliphatic carbocycles. The van der Waals surface area contributed by atoms with Crippen LogP contribution in [0.2, 0.25) is 0 Å². The summed E-state index contributed by atoms with van der Waals surface area (Å²) in [5.74, 6) is -0.566. The number of hydrogen-bond donors (Lipinski definition) is 3. The van der Waals surface area contributed by atoms with Crippen molar-refractivity contribution in [3.05, 3.63) is 50.2 Å². The number of thiazole rings is 1. The van der Waals surface area contributed by atoms with Crippen LogP contribution in [0.25, 0.3) is 0 Å². The molecule has 0 spiro atoms. The second-order valence-electron chi connectivity index (χ2n) is 5.30. The van der Waals surface area contributed by atoms with Gasteiger partial charge in [-0.1, -0.05) is 12.1 Å². The van der Waals surface area contributed by atoms with Gasteiger partial charge in [0, 0.05) is 10.6 Å². The number of carbonyl (C=O) groups excluding carboxylic acids is 1. The maximum absolute atomic E-state index is 12.9. The van der Waals surface area contributed by atoms with E-state index >= 15 is 0 Å². The summed E-state index contributed by atoms with van der Waals surface area (Å²) in [6.45, 7) is 3.49. The van der Waals surface area contributed by atoms with Crippen LogP contribution in [-0.4, -0.2) is 22.5 Å². The van der Waals surface area contributed by atoms with Crippen molar-refractivity contribution in [2.45, 2.75) is 25.9 Å². The molecule has 1 aromatic heterocycles. The fourth-order valence-electron chi connectivity index (χ4n) is 2.00. The minimum atomic E-state index is -1.26. The molecule has 1 aromatic carbocycles. The summed E-state index contributed by atoms with van der Waals surface area (Å²) >= 11 is 6.40. The predicted octanol–water partition coefficient (Wildman–Crippen LogP) is 2.82. The zero-order chi connectivity index (χ0) is 16.3. The molecule has 2 rings (SSSR count). The minimum Gasteiger partial charge on any atom is -0.384 e. The molecule has 22 heavy (non-hydrogen) atoms. The summed E-state index contributed by atoms with van der Waals surface area (Å²) in [4.78, 5) is 15.8. The van der Waals surface area contributed by atoms with Crippen molar-refractivity contribution >= 4 is 29.5 Å². The Balaban J connectivity index is 1.96. The fraction of sp³-hybridized carbons (Fsp3) is 0.333. The Morgan fingerprint density at radius 3 is 2.64 bits per heavy atom. The molecule has 4 nitrogen and oxygen atoms in total. The average molecular weight is 340 g/mol. The number of aryl methyl sites for hydroxylation is 1. The molecule has 0 saturated heterocycles. The van der Waals surface area contributed by atoms with Crippen molar-refractivity contribution < 1.29 is 14.3 Å². The molecular weight excluding hydrogens is 323 g/mol. The summed E-state index contributed by atoms with van der Waals surface area (Å²) in [6.07, 6.45) is 0.211. The highest BCUT2D eigenvalue weighted by atomic mass is 32.1. The van der Waals surface area contributed by atoms with E-state index in [-0.39, 0.29) is 24.7 Å². The number of benzene rings is 1. The van der Waals surface area contributed by atoms with Crippen LogP contribution in [0.15, 0.2) is 24.3 Å². The average Bonchev–Trinajstić information content (AvgIpc) is 2.75. The van der Waals surface area contributed by atoms with E-state index in [0.717, 1.165) is 10.6 Å². The first-order valence-electron chi connectivity index (χ1n) is 6.71. The fourth-order valence-corrected chi connectivity index (χ4v) is 3.29. The zero-order valence-corrected chi connectivity index (χ0v) is 13.9. The van der Waals surface area contributed by atoms with Gasteiger partial charge in [-0.05, 0) is 43.8 Å². The molecule has 7 heteroatoms. The van der Waals surface area contributed by atoms with Crippen LogP contribution in [0.5, 0.6) is 0 Å². The molecular formula is C15H17FN2O2S2. The highest BCUT2D eigenvalue weighted by molar-refractivity contribution is 7.73. The van der Waals surface area contributed by atoms with Crippen LogP contribution in [0.1, 0.15) is 23.1 Å². The topological polar surface area (TPSA) is 65.1 Å². The molecule has 0 aliphatic heterocycles. The molecule has 2 aromatic rings. The highest BCUT2D eigenvalue weighted by Crippen LogP contribution is 2.20. The lowest BCUT2D eigenvalue weighted by molar-refractivity contribution is -0.121. The molecule has 0 saturated carbocycles. The van der Waals surface area contributed by atoms with Gasteiger partial charge in [0.05, 0.1) is 13.0 Å². The first kappa shape index (κ1) is 16.8. The standard InChI is InChI=1S/C15H17FN2O2S2/c1-9-12(22-14(21)18-9)7-13(19)17-8-15(2,20)10-3-5-11(16)6-4-10/h3-6,20H,7-8H2,1-2H3,(H,17,19)(H,18,21). The third kappa shape index (κ3) is 4.22. The Morgan fingerprint density at radius 2 is 2.09 bits per heavy atom. The number of amides is 1. The molecule has 0 fully saturated rings. The summed E-state index contributed by atoms with van der Waals surface area (Å²) in [5.41, 5.74) is 0.168. The van der Waals surface area contributed by atoms with E-state index in [4.69, 9.17) is 12.2 Å². The van der Waals surface area contributed by atoms with Gasteiger partial charge in [-0.25, -0.2) is 4.39 Å². The third-order valence-electron chi connectivity index (χ3n) is 3.34. The first-order valence-corrected chi connectivity index (χ1v) is 7.94. The lowest BCUT2D eigenvalue weighted by atomic mass is 9.96. The van der Waals surface area contributed by atoms with Crippen molar-refractivity contribution in [2.75, 3.05) is 6.54 Å². The van der Waals surface area contributed by atoms with Crippen LogP contribution < -0.4 is 5.32 Å². The van der Waals surface area contributed by atoms with Crippen LogP contribution in [0, 0.1) is 16.7 Å². The van der Waals surface area contributed by atoms with Crippen molar-refractivity contribution in [1.82, 2.24) is 10.3 Å². The quantitative estimate of drug-likeness (QED) is 0.733. The van der Waals surface area contributed by atoms with Gasteiger partial charge in [0.2, 0.25) is 5.91 Å². The Kier molecular flexibility index (Phi) is 5.10.